The molecule has 1 aromatic carbocycles. The van der Waals surface area contributed by atoms with Crippen molar-refractivity contribution >= 4 is 16.9 Å². The van der Waals surface area contributed by atoms with Gasteiger partial charge in [-0.05, 0) is 37.8 Å². The summed E-state index contributed by atoms with van der Waals surface area (Å²) < 4.78 is 5.56. The van der Waals surface area contributed by atoms with Crippen molar-refractivity contribution in [3.8, 4) is 0 Å². The van der Waals surface area contributed by atoms with Crippen LogP contribution >= 0.6 is 0 Å². The number of rotatable bonds is 7. The molecule has 0 amide bonds. The van der Waals surface area contributed by atoms with Crippen molar-refractivity contribution in [2.75, 3.05) is 39.9 Å². The lowest BCUT2D eigenvalue weighted by molar-refractivity contribution is 0.114. The van der Waals surface area contributed by atoms with E-state index >= 15 is 0 Å². The first kappa shape index (κ1) is 17.8. The van der Waals surface area contributed by atoms with Crippen LogP contribution in [0.5, 0.6) is 0 Å². The predicted octanol–water partition coefficient (Wildman–Crippen LogP) is 3.03. The molecule has 1 aromatic heterocycles. The maximum Gasteiger partial charge on any atom is 0.193 e. The molecule has 1 aliphatic rings. The van der Waals surface area contributed by atoms with Crippen molar-refractivity contribution in [1.29, 1.82) is 0 Å². The number of H-pyrrole nitrogens is 1. The zero-order chi connectivity index (χ0) is 17.5. The highest BCUT2D eigenvalue weighted by Gasteiger charge is 2.24. The largest absolute Gasteiger partial charge is 0.381 e. The van der Waals surface area contributed by atoms with Gasteiger partial charge in [0.15, 0.2) is 5.96 Å². The van der Waals surface area contributed by atoms with Crippen molar-refractivity contribution in [2.45, 2.75) is 26.2 Å². The number of aryl methyl sites for hydroxylation is 1. The maximum atomic E-state index is 5.56. The van der Waals surface area contributed by atoms with E-state index in [1.165, 1.54) is 22.9 Å². The molecule has 5 heteroatoms. The summed E-state index contributed by atoms with van der Waals surface area (Å²) in [5, 5.41) is 4.86. The Morgan fingerprint density at radius 1 is 1.40 bits per heavy atom. The molecule has 1 atom stereocenters. The number of nitrogens with one attached hydrogen (secondary N) is 2. The number of guanidine groups is 1. The van der Waals surface area contributed by atoms with E-state index in [4.69, 9.17) is 4.74 Å². The molecule has 0 bridgehead atoms. The number of ether oxygens (including phenoxy) is 1. The van der Waals surface area contributed by atoms with Gasteiger partial charge < -0.3 is 19.9 Å². The average Bonchev–Trinajstić information content (AvgIpc) is 3.27. The number of fused-ring (bicyclic) bond motifs is 1. The first-order chi connectivity index (χ1) is 12.3. The van der Waals surface area contributed by atoms with Gasteiger partial charge in [-0.25, -0.2) is 0 Å². The molecule has 2 aromatic rings. The number of para-hydroxylation sites is 1. The Morgan fingerprint density at radius 3 is 3.12 bits per heavy atom. The fraction of sp³-hybridized carbons (Fsp3) is 0.550. The SMILES string of the molecule is CCOCC1CCN(C(=NC)NCCCc2c[nH]c3ccccc23)C1. The van der Waals surface area contributed by atoms with Crippen molar-refractivity contribution in [3.63, 3.8) is 0 Å². The molecular formula is C20H30N4O. The highest BCUT2D eigenvalue weighted by Crippen LogP contribution is 2.19. The van der Waals surface area contributed by atoms with Crippen LogP contribution in [0.3, 0.4) is 0 Å². The van der Waals surface area contributed by atoms with E-state index in [1.807, 2.05) is 7.05 Å². The van der Waals surface area contributed by atoms with Gasteiger partial charge in [-0.15, -0.1) is 0 Å². The van der Waals surface area contributed by atoms with Gasteiger partial charge in [-0.1, -0.05) is 18.2 Å². The zero-order valence-electron chi connectivity index (χ0n) is 15.4. The minimum Gasteiger partial charge on any atom is -0.381 e. The van der Waals surface area contributed by atoms with Crippen molar-refractivity contribution in [2.24, 2.45) is 10.9 Å². The van der Waals surface area contributed by atoms with Crippen LogP contribution < -0.4 is 5.32 Å². The van der Waals surface area contributed by atoms with Gasteiger partial charge in [0, 0.05) is 56.3 Å². The second-order valence-corrected chi connectivity index (χ2v) is 6.70. The molecule has 5 nitrogen and oxygen atoms in total. The number of hydrogen-bond donors (Lipinski definition) is 2. The third-order valence-electron chi connectivity index (χ3n) is 4.94. The fourth-order valence-electron chi connectivity index (χ4n) is 3.60. The van der Waals surface area contributed by atoms with E-state index < -0.39 is 0 Å². The smallest absolute Gasteiger partial charge is 0.193 e. The van der Waals surface area contributed by atoms with Gasteiger partial charge in [0.2, 0.25) is 0 Å². The van der Waals surface area contributed by atoms with Crippen LogP contribution in [-0.2, 0) is 11.2 Å². The highest BCUT2D eigenvalue weighted by molar-refractivity contribution is 5.83. The quantitative estimate of drug-likeness (QED) is 0.462. The van der Waals surface area contributed by atoms with Crippen molar-refractivity contribution < 1.29 is 4.74 Å². The molecule has 2 N–H and O–H groups in total. The summed E-state index contributed by atoms with van der Waals surface area (Å²) in [5.41, 5.74) is 2.61. The van der Waals surface area contributed by atoms with Crippen LogP contribution in [0.25, 0.3) is 10.9 Å². The maximum absolute atomic E-state index is 5.56. The van der Waals surface area contributed by atoms with Gasteiger partial charge in [0.1, 0.15) is 0 Å². The molecule has 1 saturated heterocycles. The Hall–Kier alpha value is -2.01. The van der Waals surface area contributed by atoms with E-state index in [1.54, 1.807) is 0 Å². The number of aromatic nitrogens is 1. The van der Waals surface area contributed by atoms with Crippen LogP contribution in [0.2, 0.25) is 0 Å². The Morgan fingerprint density at radius 2 is 2.28 bits per heavy atom. The van der Waals surface area contributed by atoms with Crippen molar-refractivity contribution in [1.82, 2.24) is 15.2 Å². The summed E-state index contributed by atoms with van der Waals surface area (Å²) in [6, 6.07) is 8.50. The van der Waals surface area contributed by atoms with Gasteiger partial charge in [0.05, 0.1) is 6.61 Å². The second kappa shape index (κ2) is 8.90. The van der Waals surface area contributed by atoms with E-state index in [0.29, 0.717) is 5.92 Å². The zero-order valence-corrected chi connectivity index (χ0v) is 15.4. The number of likely N-dealkylation sites (tertiary alicyclic amines) is 1. The van der Waals surface area contributed by atoms with Crippen LogP contribution in [0.1, 0.15) is 25.3 Å². The molecule has 2 heterocycles. The Labute approximate surface area is 150 Å². The summed E-state index contributed by atoms with van der Waals surface area (Å²) in [6.07, 6.45) is 5.49. The number of benzene rings is 1. The molecule has 0 aliphatic carbocycles. The predicted molar refractivity (Wildman–Crippen MR) is 104 cm³/mol. The molecule has 1 fully saturated rings. The van der Waals surface area contributed by atoms with Crippen LogP contribution in [0.4, 0.5) is 0 Å². The highest BCUT2D eigenvalue weighted by atomic mass is 16.5. The number of aromatic amines is 1. The Kier molecular flexibility index (Phi) is 6.34. The minimum atomic E-state index is 0.629. The topological polar surface area (TPSA) is 52.6 Å². The Balaban J connectivity index is 1.43. The summed E-state index contributed by atoms with van der Waals surface area (Å²) >= 11 is 0. The standard InChI is InChI=1S/C20H30N4O/c1-3-25-15-16-10-12-24(14-16)20(21-2)22-11-6-7-17-13-23-19-9-5-4-8-18(17)19/h4-5,8-9,13,16,23H,3,6-7,10-12,14-15H2,1-2H3,(H,21,22). The lowest BCUT2D eigenvalue weighted by atomic mass is 10.1. The molecule has 3 rings (SSSR count). The molecule has 0 radical (unpaired) electrons. The molecule has 136 valence electrons. The van der Waals surface area contributed by atoms with E-state index in [2.05, 4.69) is 57.6 Å². The summed E-state index contributed by atoms with van der Waals surface area (Å²) in [4.78, 5) is 10.2. The molecular weight excluding hydrogens is 312 g/mol. The molecule has 1 unspecified atom stereocenters. The van der Waals surface area contributed by atoms with Crippen LogP contribution in [0, 0.1) is 5.92 Å². The second-order valence-electron chi connectivity index (χ2n) is 6.70. The lowest BCUT2D eigenvalue weighted by Gasteiger charge is -2.21. The van der Waals surface area contributed by atoms with Gasteiger partial charge in [-0.2, -0.15) is 0 Å². The number of nitrogens with zero attached hydrogens (tertiary/aromatic N) is 2. The minimum absolute atomic E-state index is 0.629. The lowest BCUT2D eigenvalue weighted by Crippen LogP contribution is -2.40. The van der Waals surface area contributed by atoms with E-state index in [-0.39, 0.29) is 0 Å². The average molecular weight is 342 g/mol. The van der Waals surface area contributed by atoms with Crippen molar-refractivity contribution in [3.05, 3.63) is 36.0 Å². The van der Waals surface area contributed by atoms with Gasteiger partial charge in [-0.3, -0.25) is 4.99 Å². The van der Waals surface area contributed by atoms with Crippen LogP contribution in [-0.4, -0.2) is 55.7 Å². The number of aliphatic imine (C=N–C) groups is 1. The molecule has 1 aliphatic heterocycles. The van der Waals surface area contributed by atoms with E-state index in [9.17, 15) is 0 Å². The summed E-state index contributed by atoms with van der Waals surface area (Å²) in [7, 11) is 1.87. The Bertz CT molecular complexity index is 694. The summed E-state index contributed by atoms with van der Waals surface area (Å²) in [5.74, 6) is 1.66. The van der Waals surface area contributed by atoms with Gasteiger partial charge in [0.25, 0.3) is 0 Å². The van der Waals surface area contributed by atoms with E-state index in [0.717, 1.165) is 51.6 Å². The third-order valence-corrected chi connectivity index (χ3v) is 4.94. The number of hydrogen-bond acceptors (Lipinski definition) is 2. The first-order valence-corrected chi connectivity index (χ1v) is 9.40. The third kappa shape index (κ3) is 4.54. The first-order valence-electron chi connectivity index (χ1n) is 9.40. The molecule has 0 spiro atoms. The van der Waals surface area contributed by atoms with Gasteiger partial charge >= 0.3 is 0 Å². The fourth-order valence-corrected chi connectivity index (χ4v) is 3.60. The summed E-state index contributed by atoms with van der Waals surface area (Å²) in [6.45, 7) is 6.78. The molecule has 0 saturated carbocycles. The normalized spacial score (nSPS) is 18.2. The molecule has 25 heavy (non-hydrogen) atoms. The van der Waals surface area contributed by atoms with Crippen LogP contribution in [0.15, 0.2) is 35.5 Å². The monoisotopic (exact) mass is 342 g/mol.